The molecule has 0 spiro atoms. The van der Waals surface area contributed by atoms with Gasteiger partial charge in [0.1, 0.15) is 17.4 Å². The van der Waals surface area contributed by atoms with E-state index < -0.39 is 11.4 Å². The van der Waals surface area contributed by atoms with Gasteiger partial charge in [-0.15, -0.1) is 0 Å². The van der Waals surface area contributed by atoms with E-state index in [1.165, 1.54) is 0 Å². The fourth-order valence-electron chi connectivity index (χ4n) is 2.27. The number of carbonyl (C=O) groups is 2. The summed E-state index contributed by atoms with van der Waals surface area (Å²) >= 11 is 0. The number of hydrogen-bond acceptors (Lipinski definition) is 5. The number of nitrogens with one attached hydrogen (secondary N) is 1. The summed E-state index contributed by atoms with van der Waals surface area (Å²) in [7, 11) is 0. The first-order chi connectivity index (χ1) is 9.27. The van der Waals surface area contributed by atoms with Gasteiger partial charge in [0.2, 0.25) is 5.91 Å². The van der Waals surface area contributed by atoms with Crippen molar-refractivity contribution in [3.05, 3.63) is 22.9 Å². The van der Waals surface area contributed by atoms with Gasteiger partial charge in [0, 0.05) is 5.69 Å². The van der Waals surface area contributed by atoms with Crippen LogP contribution in [0.5, 0.6) is 0 Å². The van der Waals surface area contributed by atoms with Crippen LogP contribution in [0.1, 0.15) is 30.7 Å². The average molecular weight is 272 g/mol. The van der Waals surface area contributed by atoms with Crippen LogP contribution in [-0.4, -0.2) is 28.9 Å². The molecule has 2 amide bonds. The van der Waals surface area contributed by atoms with Crippen LogP contribution in [0.4, 0.5) is 5.82 Å². The van der Waals surface area contributed by atoms with E-state index in [-0.39, 0.29) is 12.5 Å². The van der Waals surface area contributed by atoms with Crippen molar-refractivity contribution in [2.45, 2.75) is 33.2 Å². The van der Waals surface area contributed by atoms with Gasteiger partial charge in [-0.2, -0.15) is 5.26 Å². The van der Waals surface area contributed by atoms with E-state index in [0.29, 0.717) is 11.4 Å². The first kappa shape index (κ1) is 14.0. The van der Waals surface area contributed by atoms with Crippen molar-refractivity contribution >= 4 is 17.6 Å². The topological polar surface area (TPSA) is 86.1 Å². The molecule has 1 saturated heterocycles. The van der Waals surface area contributed by atoms with Gasteiger partial charge in [0.25, 0.3) is 5.91 Å². The summed E-state index contributed by atoms with van der Waals surface area (Å²) in [6, 6.07) is 3.92. The minimum Gasteiger partial charge on any atom is -0.332 e. The number of imide groups is 1. The second kappa shape index (κ2) is 4.60. The minimum absolute atomic E-state index is 0.00329. The van der Waals surface area contributed by atoms with E-state index in [4.69, 9.17) is 0 Å². The summed E-state index contributed by atoms with van der Waals surface area (Å²) in [5.74, 6) is -0.393. The van der Waals surface area contributed by atoms with E-state index in [2.05, 4.69) is 16.4 Å². The summed E-state index contributed by atoms with van der Waals surface area (Å²) in [5, 5.41) is 11.6. The van der Waals surface area contributed by atoms with E-state index in [9.17, 15) is 14.9 Å². The summed E-state index contributed by atoms with van der Waals surface area (Å²) in [5.41, 5.74) is 0.980. The van der Waals surface area contributed by atoms with Crippen molar-refractivity contribution in [3.63, 3.8) is 0 Å². The molecule has 0 aliphatic carbocycles. The predicted molar refractivity (Wildman–Crippen MR) is 73.0 cm³/mol. The molecule has 1 aromatic heterocycles. The van der Waals surface area contributed by atoms with Crippen molar-refractivity contribution in [2.24, 2.45) is 0 Å². The predicted octanol–water partition coefficient (Wildman–Crippen LogP) is 0.812. The molecule has 0 atom stereocenters. The lowest BCUT2D eigenvalue weighted by atomic mass is 9.97. The Morgan fingerprint density at radius 3 is 2.65 bits per heavy atom. The number of piperazine rings is 1. The van der Waals surface area contributed by atoms with Crippen LogP contribution < -0.4 is 10.2 Å². The Morgan fingerprint density at radius 2 is 2.05 bits per heavy atom. The van der Waals surface area contributed by atoms with Gasteiger partial charge in [-0.3, -0.25) is 14.9 Å². The molecule has 2 heterocycles. The summed E-state index contributed by atoms with van der Waals surface area (Å²) < 4.78 is 0. The number of pyridine rings is 1. The van der Waals surface area contributed by atoms with Gasteiger partial charge in [0.05, 0.1) is 12.1 Å². The third-order valence-corrected chi connectivity index (χ3v) is 3.48. The molecule has 0 aromatic carbocycles. The monoisotopic (exact) mass is 272 g/mol. The third-order valence-electron chi connectivity index (χ3n) is 3.48. The maximum absolute atomic E-state index is 12.0. The number of aromatic nitrogens is 1. The SMILES string of the molecule is Cc1cc(C)c(C#N)c(N2CC(=O)NC(=O)C2(C)C)n1. The van der Waals surface area contributed by atoms with Gasteiger partial charge in [-0.25, -0.2) is 4.98 Å². The Morgan fingerprint density at radius 1 is 1.40 bits per heavy atom. The number of rotatable bonds is 1. The number of aryl methyl sites for hydroxylation is 2. The average Bonchev–Trinajstić information content (AvgIpc) is 2.33. The molecule has 104 valence electrons. The molecule has 1 aliphatic rings. The first-order valence-electron chi connectivity index (χ1n) is 6.27. The molecular weight excluding hydrogens is 256 g/mol. The zero-order valence-electron chi connectivity index (χ0n) is 11.9. The lowest BCUT2D eigenvalue weighted by Crippen LogP contribution is -2.64. The van der Waals surface area contributed by atoms with Crippen LogP contribution in [-0.2, 0) is 9.59 Å². The molecule has 0 unspecified atom stereocenters. The molecule has 0 saturated carbocycles. The Hall–Kier alpha value is -2.42. The van der Waals surface area contributed by atoms with Crippen LogP contribution in [0.2, 0.25) is 0 Å². The van der Waals surface area contributed by atoms with Crippen LogP contribution >= 0.6 is 0 Å². The van der Waals surface area contributed by atoms with E-state index in [1.54, 1.807) is 24.8 Å². The van der Waals surface area contributed by atoms with Crippen molar-refractivity contribution in [3.8, 4) is 6.07 Å². The van der Waals surface area contributed by atoms with Crippen LogP contribution in [0.3, 0.4) is 0 Å². The molecule has 1 aliphatic heterocycles. The maximum atomic E-state index is 12.0. The highest BCUT2D eigenvalue weighted by atomic mass is 16.2. The maximum Gasteiger partial charge on any atom is 0.251 e. The van der Waals surface area contributed by atoms with Crippen LogP contribution in [0.25, 0.3) is 0 Å². The minimum atomic E-state index is -0.938. The largest absolute Gasteiger partial charge is 0.332 e. The fraction of sp³-hybridized carbons (Fsp3) is 0.429. The van der Waals surface area contributed by atoms with Crippen molar-refractivity contribution in [2.75, 3.05) is 11.4 Å². The van der Waals surface area contributed by atoms with E-state index in [0.717, 1.165) is 11.3 Å². The summed E-state index contributed by atoms with van der Waals surface area (Å²) in [6.07, 6.45) is 0. The summed E-state index contributed by atoms with van der Waals surface area (Å²) in [6.45, 7) is 7.04. The second-order valence-electron chi connectivity index (χ2n) is 5.41. The van der Waals surface area contributed by atoms with Crippen molar-refractivity contribution in [1.29, 1.82) is 5.26 Å². The molecule has 0 radical (unpaired) electrons. The number of amides is 2. The van der Waals surface area contributed by atoms with Crippen LogP contribution in [0, 0.1) is 25.2 Å². The Bertz CT molecular complexity index is 643. The lowest BCUT2D eigenvalue weighted by molar-refractivity contribution is -0.135. The first-order valence-corrected chi connectivity index (χ1v) is 6.27. The summed E-state index contributed by atoms with van der Waals surface area (Å²) in [4.78, 5) is 29.6. The number of anilines is 1. The highest BCUT2D eigenvalue weighted by Crippen LogP contribution is 2.29. The number of carbonyl (C=O) groups excluding carboxylic acids is 2. The molecule has 1 fully saturated rings. The lowest BCUT2D eigenvalue weighted by Gasteiger charge is -2.41. The molecule has 2 rings (SSSR count). The highest BCUT2D eigenvalue weighted by Gasteiger charge is 2.42. The van der Waals surface area contributed by atoms with Gasteiger partial charge in [-0.1, -0.05) is 0 Å². The smallest absolute Gasteiger partial charge is 0.251 e. The van der Waals surface area contributed by atoms with E-state index >= 15 is 0 Å². The molecule has 1 N–H and O–H groups in total. The normalized spacial score (nSPS) is 17.6. The van der Waals surface area contributed by atoms with Crippen molar-refractivity contribution in [1.82, 2.24) is 10.3 Å². The van der Waals surface area contributed by atoms with Gasteiger partial charge in [-0.05, 0) is 39.3 Å². The molecule has 1 aromatic rings. The van der Waals surface area contributed by atoms with Gasteiger partial charge in [0.15, 0.2) is 0 Å². The highest BCUT2D eigenvalue weighted by molar-refractivity contribution is 6.06. The number of nitrogens with zero attached hydrogens (tertiary/aromatic N) is 3. The third kappa shape index (κ3) is 2.11. The molecule has 0 bridgehead atoms. The number of hydrogen-bond donors (Lipinski definition) is 1. The zero-order valence-corrected chi connectivity index (χ0v) is 11.9. The standard InChI is InChI=1S/C14H16N4O2/c1-8-5-9(2)16-12(10(8)6-15)18-7-11(19)17-13(20)14(18,3)4/h5H,7H2,1-4H3,(H,17,19,20). The van der Waals surface area contributed by atoms with Crippen molar-refractivity contribution < 1.29 is 9.59 Å². The van der Waals surface area contributed by atoms with Crippen LogP contribution in [0.15, 0.2) is 6.07 Å². The van der Waals surface area contributed by atoms with E-state index in [1.807, 2.05) is 13.8 Å². The molecular formula is C14H16N4O2. The Balaban J connectivity index is 2.63. The Kier molecular flexibility index (Phi) is 3.22. The van der Waals surface area contributed by atoms with Gasteiger partial charge >= 0.3 is 0 Å². The quantitative estimate of drug-likeness (QED) is 0.765. The fourth-order valence-corrected chi connectivity index (χ4v) is 2.27. The Labute approximate surface area is 117 Å². The zero-order chi connectivity index (χ0) is 15.1. The molecule has 6 heteroatoms. The molecule has 6 nitrogen and oxygen atoms in total. The number of nitriles is 1. The second-order valence-corrected chi connectivity index (χ2v) is 5.41. The molecule has 20 heavy (non-hydrogen) atoms. The van der Waals surface area contributed by atoms with Gasteiger partial charge < -0.3 is 4.90 Å².